The van der Waals surface area contributed by atoms with E-state index in [0.29, 0.717) is 5.56 Å². The molecular weight excluding hydrogens is 250 g/mol. The van der Waals surface area contributed by atoms with Gasteiger partial charge in [0, 0.05) is 0 Å². The van der Waals surface area contributed by atoms with Crippen molar-refractivity contribution < 1.29 is 9.90 Å². The molecule has 1 fully saturated rings. The first-order valence-corrected chi connectivity index (χ1v) is 7.49. The number of aromatic carboxylic acids is 1. The van der Waals surface area contributed by atoms with Crippen molar-refractivity contribution in [1.29, 1.82) is 0 Å². The highest BCUT2D eigenvalue weighted by Crippen LogP contribution is 2.15. The number of nitrogens with one attached hydrogen (secondary N) is 1. The van der Waals surface area contributed by atoms with Crippen LogP contribution in [0, 0.1) is 0 Å². The van der Waals surface area contributed by atoms with E-state index in [1.807, 2.05) is 39.8 Å². The van der Waals surface area contributed by atoms with Gasteiger partial charge in [-0.1, -0.05) is 51.5 Å². The monoisotopic (exact) mass is 277 g/mol. The van der Waals surface area contributed by atoms with Gasteiger partial charge >= 0.3 is 5.97 Å². The molecule has 2 rings (SSSR count). The van der Waals surface area contributed by atoms with Gasteiger partial charge < -0.3 is 10.4 Å². The molecule has 0 aliphatic carbocycles. The van der Waals surface area contributed by atoms with Crippen LogP contribution in [0.1, 0.15) is 56.5 Å². The zero-order valence-electron chi connectivity index (χ0n) is 13.1. The van der Waals surface area contributed by atoms with E-state index in [-0.39, 0.29) is 0 Å². The lowest BCUT2D eigenvalue weighted by Gasteiger charge is -2.15. The second-order valence-corrected chi connectivity index (χ2v) is 3.98. The number of hydrogen-bond acceptors (Lipinski definition) is 2. The van der Waals surface area contributed by atoms with Crippen LogP contribution in [-0.2, 0) is 0 Å². The zero-order chi connectivity index (χ0) is 15.4. The number of benzene rings is 1. The van der Waals surface area contributed by atoms with Gasteiger partial charge in [-0.3, -0.25) is 0 Å². The molecule has 3 heteroatoms. The van der Waals surface area contributed by atoms with E-state index in [1.54, 1.807) is 12.1 Å². The molecule has 0 amide bonds. The highest BCUT2D eigenvalue weighted by molar-refractivity contribution is 5.87. The Hall–Kier alpha value is -1.61. The van der Waals surface area contributed by atoms with Gasteiger partial charge in [-0.2, -0.15) is 0 Å². The second kappa shape index (κ2) is 11.2. The summed E-state index contributed by atoms with van der Waals surface area (Å²) >= 11 is 0. The minimum Gasteiger partial charge on any atom is -0.478 e. The minimum atomic E-state index is -0.874. The predicted molar refractivity (Wildman–Crippen MR) is 86.2 cm³/mol. The first-order chi connectivity index (χ1) is 9.75. The molecule has 1 aliphatic rings. The highest BCUT2D eigenvalue weighted by atomic mass is 16.4. The number of carboxylic acids is 1. The molecule has 1 aromatic rings. The smallest absolute Gasteiger partial charge is 0.335 e. The van der Waals surface area contributed by atoms with Gasteiger partial charge in [-0.05, 0) is 43.6 Å². The van der Waals surface area contributed by atoms with Crippen LogP contribution in [-0.4, -0.2) is 24.2 Å². The molecule has 1 heterocycles. The molecule has 2 N–H and O–H groups in total. The third-order valence-electron chi connectivity index (χ3n) is 2.77. The van der Waals surface area contributed by atoms with Crippen LogP contribution in [0.4, 0.5) is 0 Å². The molecule has 0 spiro atoms. The summed E-state index contributed by atoms with van der Waals surface area (Å²) in [6, 6.07) is 7.02. The van der Waals surface area contributed by atoms with E-state index in [0.717, 1.165) is 31.5 Å². The molecule has 1 aromatic carbocycles. The predicted octanol–water partition coefficient (Wildman–Crippen LogP) is 4.20. The summed E-state index contributed by atoms with van der Waals surface area (Å²) in [7, 11) is 0. The van der Waals surface area contributed by atoms with Crippen molar-refractivity contribution in [3.8, 4) is 0 Å². The SMILES string of the molecule is CC.CC.O=C(O)c1ccc(C=C2CCNCC2)cc1. The third-order valence-corrected chi connectivity index (χ3v) is 2.77. The van der Waals surface area contributed by atoms with Crippen LogP contribution in [0.2, 0.25) is 0 Å². The maximum Gasteiger partial charge on any atom is 0.335 e. The maximum atomic E-state index is 10.7. The Morgan fingerprint density at radius 1 is 1.05 bits per heavy atom. The summed E-state index contributed by atoms with van der Waals surface area (Å²) in [6.45, 7) is 10.1. The van der Waals surface area contributed by atoms with Gasteiger partial charge in [-0.25, -0.2) is 4.79 Å². The molecule has 1 aliphatic heterocycles. The van der Waals surface area contributed by atoms with Gasteiger partial charge in [0.2, 0.25) is 0 Å². The number of piperidine rings is 1. The lowest BCUT2D eigenvalue weighted by molar-refractivity contribution is 0.0697. The minimum absolute atomic E-state index is 0.340. The van der Waals surface area contributed by atoms with Crippen LogP contribution in [0.5, 0.6) is 0 Å². The fourth-order valence-electron chi connectivity index (χ4n) is 1.85. The maximum absolute atomic E-state index is 10.7. The van der Waals surface area contributed by atoms with Crippen molar-refractivity contribution in [1.82, 2.24) is 5.32 Å². The van der Waals surface area contributed by atoms with E-state index >= 15 is 0 Å². The Bertz CT molecular complexity index is 400. The number of carbonyl (C=O) groups is 1. The van der Waals surface area contributed by atoms with Crippen LogP contribution < -0.4 is 5.32 Å². The molecule has 3 nitrogen and oxygen atoms in total. The molecule has 1 saturated heterocycles. The number of carboxylic acid groups (broad SMARTS) is 1. The van der Waals surface area contributed by atoms with Gasteiger partial charge in [0.25, 0.3) is 0 Å². The van der Waals surface area contributed by atoms with Crippen molar-refractivity contribution in [2.75, 3.05) is 13.1 Å². The lowest BCUT2D eigenvalue weighted by atomic mass is 10.0. The van der Waals surface area contributed by atoms with E-state index in [4.69, 9.17) is 5.11 Å². The second-order valence-electron chi connectivity index (χ2n) is 3.98. The molecule has 0 radical (unpaired) electrons. The van der Waals surface area contributed by atoms with Crippen molar-refractivity contribution in [2.24, 2.45) is 0 Å². The number of rotatable bonds is 2. The quantitative estimate of drug-likeness (QED) is 0.851. The van der Waals surface area contributed by atoms with Gasteiger partial charge in [0.1, 0.15) is 0 Å². The highest BCUT2D eigenvalue weighted by Gasteiger charge is 2.05. The number of hydrogen-bond donors (Lipinski definition) is 2. The Labute approximate surface area is 122 Å². The Balaban J connectivity index is 0.000000829. The Morgan fingerprint density at radius 2 is 1.55 bits per heavy atom. The summed E-state index contributed by atoms with van der Waals surface area (Å²) in [5.41, 5.74) is 2.86. The summed E-state index contributed by atoms with van der Waals surface area (Å²) in [6.07, 6.45) is 4.33. The van der Waals surface area contributed by atoms with Crippen LogP contribution in [0.3, 0.4) is 0 Å². The van der Waals surface area contributed by atoms with Crippen molar-refractivity contribution in [3.05, 3.63) is 41.0 Å². The molecule has 0 bridgehead atoms. The van der Waals surface area contributed by atoms with Crippen molar-refractivity contribution >= 4 is 12.0 Å². The van der Waals surface area contributed by atoms with E-state index < -0.39 is 5.97 Å². The van der Waals surface area contributed by atoms with Gasteiger partial charge in [0.15, 0.2) is 0 Å². The first kappa shape index (κ1) is 18.4. The van der Waals surface area contributed by atoms with E-state index in [1.165, 1.54) is 5.57 Å². The van der Waals surface area contributed by atoms with E-state index in [2.05, 4.69) is 11.4 Å². The summed E-state index contributed by atoms with van der Waals surface area (Å²) in [4.78, 5) is 10.7. The van der Waals surface area contributed by atoms with Gasteiger partial charge in [-0.15, -0.1) is 0 Å². The average Bonchev–Trinajstić information content (AvgIpc) is 2.53. The van der Waals surface area contributed by atoms with Crippen LogP contribution in [0.15, 0.2) is 29.8 Å². The Morgan fingerprint density at radius 3 is 2.00 bits per heavy atom. The van der Waals surface area contributed by atoms with Crippen molar-refractivity contribution in [3.63, 3.8) is 0 Å². The van der Waals surface area contributed by atoms with E-state index in [9.17, 15) is 4.79 Å². The fourth-order valence-corrected chi connectivity index (χ4v) is 1.85. The molecule has 112 valence electrons. The largest absolute Gasteiger partial charge is 0.478 e. The molecular formula is C17H27NO2. The molecule has 0 unspecified atom stereocenters. The normalized spacial score (nSPS) is 13.3. The zero-order valence-corrected chi connectivity index (χ0v) is 13.1. The standard InChI is InChI=1S/C13H15NO2.2C2H6/c15-13(16)12-3-1-10(2-4-12)9-11-5-7-14-8-6-11;2*1-2/h1-4,9,14H,5-8H2,(H,15,16);2*1-2H3. The summed E-state index contributed by atoms with van der Waals surface area (Å²) in [5.74, 6) is -0.874. The third kappa shape index (κ3) is 6.53. The summed E-state index contributed by atoms with van der Waals surface area (Å²) in [5, 5.41) is 12.1. The molecule has 0 saturated carbocycles. The van der Waals surface area contributed by atoms with Crippen LogP contribution >= 0.6 is 0 Å². The lowest BCUT2D eigenvalue weighted by Crippen LogP contribution is -2.22. The van der Waals surface area contributed by atoms with Crippen molar-refractivity contribution in [2.45, 2.75) is 40.5 Å². The van der Waals surface area contributed by atoms with Gasteiger partial charge in [0.05, 0.1) is 5.56 Å². The Kier molecular flexibility index (Phi) is 10.3. The topological polar surface area (TPSA) is 49.3 Å². The fraction of sp³-hybridized carbons (Fsp3) is 0.471. The average molecular weight is 277 g/mol. The summed E-state index contributed by atoms with van der Waals surface area (Å²) < 4.78 is 0. The van der Waals surface area contributed by atoms with Crippen LogP contribution in [0.25, 0.3) is 6.08 Å². The molecule has 0 atom stereocenters. The molecule has 20 heavy (non-hydrogen) atoms. The molecule has 0 aromatic heterocycles. The first-order valence-electron chi connectivity index (χ1n) is 7.49.